The van der Waals surface area contributed by atoms with Crippen molar-refractivity contribution in [3.05, 3.63) is 40.3 Å². The summed E-state index contributed by atoms with van der Waals surface area (Å²) in [6, 6.07) is 8.65. The Morgan fingerprint density at radius 1 is 1.31 bits per heavy atom. The minimum Gasteiger partial charge on any atom is -0.300 e. The molecule has 1 aromatic carbocycles. The van der Waals surface area contributed by atoms with Gasteiger partial charge in [0.1, 0.15) is 12.3 Å². The molecule has 0 spiro atoms. The molecule has 0 atom stereocenters. The van der Waals surface area contributed by atoms with E-state index < -0.39 is 5.78 Å². The van der Waals surface area contributed by atoms with Crippen molar-refractivity contribution >= 4 is 11.6 Å². The van der Waals surface area contributed by atoms with Crippen LogP contribution in [0.4, 0.5) is 0 Å². The maximum atomic E-state index is 10.3. The fourth-order valence-corrected chi connectivity index (χ4v) is 1.36. The summed E-state index contributed by atoms with van der Waals surface area (Å²) in [6.45, 7) is 0.905. The zero-order valence-electron chi connectivity index (χ0n) is 9.10. The third-order valence-electron chi connectivity index (χ3n) is 2.09. The standard InChI is InChI=1S/C7H6.C5H7NO3/c1-2-6-4-7(3-1)5-6;1-4(7)2-5(8)3-6-9/h1-4H,5H2;2-3H2,1H3. The van der Waals surface area contributed by atoms with E-state index in [9.17, 15) is 14.5 Å². The van der Waals surface area contributed by atoms with Crippen molar-refractivity contribution in [2.24, 2.45) is 5.18 Å². The van der Waals surface area contributed by atoms with Crippen LogP contribution in [0.25, 0.3) is 0 Å². The number of hydrogen-bond acceptors (Lipinski definition) is 4. The number of carbonyl (C=O) groups excluding carboxylic acids is 2. The molecule has 16 heavy (non-hydrogen) atoms. The van der Waals surface area contributed by atoms with Crippen LogP contribution in [0.3, 0.4) is 0 Å². The Hall–Kier alpha value is -1.84. The van der Waals surface area contributed by atoms with Gasteiger partial charge in [0.25, 0.3) is 0 Å². The zero-order chi connectivity index (χ0) is 12.0. The molecule has 0 N–H and O–H groups in total. The van der Waals surface area contributed by atoms with Gasteiger partial charge in [0.05, 0.1) is 6.42 Å². The number of rotatable bonds is 4. The van der Waals surface area contributed by atoms with Gasteiger partial charge in [-0.1, -0.05) is 29.4 Å². The molecule has 2 bridgehead atoms. The Labute approximate surface area is 93.6 Å². The largest absolute Gasteiger partial charge is 0.300 e. The van der Waals surface area contributed by atoms with E-state index in [1.807, 2.05) is 0 Å². The lowest BCUT2D eigenvalue weighted by Gasteiger charge is -2.11. The van der Waals surface area contributed by atoms with Crippen molar-refractivity contribution in [1.29, 1.82) is 0 Å². The highest BCUT2D eigenvalue weighted by Gasteiger charge is 2.04. The molecule has 0 radical (unpaired) electrons. The van der Waals surface area contributed by atoms with E-state index in [1.165, 1.54) is 24.5 Å². The van der Waals surface area contributed by atoms with E-state index in [0.717, 1.165) is 0 Å². The minimum absolute atomic E-state index is 0.175. The summed E-state index contributed by atoms with van der Waals surface area (Å²) < 4.78 is 0. The predicted octanol–water partition coefficient (Wildman–Crippen LogP) is 1.89. The average molecular weight is 219 g/mol. The summed E-state index contributed by atoms with van der Waals surface area (Å²) in [5.41, 5.74) is 2.97. The molecule has 4 heteroatoms. The van der Waals surface area contributed by atoms with E-state index in [2.05, 4.69) is 29.4 Å². The molecule has 0 amide bonds. The van der Waals surface area contributed by atoms with Gasteiger partial charge >= 0.3 is 0 Å². The summed E-state index contributed by atoms with van der Waals surface area (Å²) in [7, 11) is 0. The highest BCUT2D eigenvalue weighted by atomic mass is 16.3. The molecule has 3 rings (SSSR count). The molecule has 2 aliphatic rings. The van der Waals surface area contributed by atoms with E-state index in [0.29, 0.717) is 0 Å². The van der Waals surface area contributed by atoms with Crippen LogP contribution in [0, 0.1) is 4.91 Å². The highest BCUT2D eigenvalue weighted by Crippen LogP contribution is 2.18. The summed E-state index contributed by atoms with van der Waals surface area (Å²) in [5.74, 6) is -0.652. The van der Waals surface area contributed by atoms with Crippen LogP contribution in [-0.4, -0.2) is 18.1 Å². The lowest BCUT2D eigenvalue weighted by atomic mass is 9.94. The van der Waals surface area contributed by atoms with Gasteiger partial charge < -0.3 is 0 Å². The van der Waals surface area contributed by atoms with Crippen molar-refractivity contribution in [2.75, 3.05) is 6.54 Å². The number of Topliss-reactive ketones (excluding diaryl/α,β-unsaturated/α-hetero) is 2. The first-order valence-corrected chi connectivity index (χ1v) is 5.00. The fraction of sp³-hybridized carbons (Fsp3) is 0.333. The van der Waals surface area contributed by atoms with Gasteiger partial charge in [0.2, 0.25) is 0 Å². The molecule has 0 aliphatic heterocycles. The smallest absolute Gasteiger partial charge is 0.165 e. The van der Waals surface area contributed by atoms with Crippen LogP contribution in [-0.2, 0) is 16.0 Å². The Morgan fingerprint density at radius 2 is 1.88 bits per heavy atom. The van der Waals surface area contributed by atoms with Crippen LogP contribution in [0.5, 0.6) is 0 Å². The maximum Gasteiger partial charge on any atom is 0.165 e. The Kier molecular flexibility index (Phi) is 4.51. The van der Waals surface area contributed by atoms with Crippen molar-refractivity contribution in [3.8, 4) is 0 Å². The van der Waals surface area contributed by atoms with Gasteiger partial charge in [0, 0.05) is 0 Å². The molecular formula is C12H13NO3. The number of fused-ring (bicyclic) bond motifs is 2. The van der Waals surface area contributed by atoms with Gasteiger partial charge in [0.15, 0.2) is 5.78 Å². The first kappa shape index (κ1) is 12.2. The number of nitroso groups, excluding NO2 is 1. The Bertz CT molecular complexity index is 388. The van der Waals surface area contributed by atoms with Crippen LogP contribution < -0.4 is 0 Å². The number of benzene rings is 1. The number of hydrogen-bond donors (Lipinski definition) is 0. The second-order valence-electron chi connectivity index (χ2n) is 3.70. The molecule has 0 saturated carbocycles. The van der Waals surface area contributed by atoms with E-state index in [4.69, 9.17) is 0 Å². The summed E-state index contributed by atoms with van der Waals surface area (Å²) in [5, 5.41) is 2.34. The molecule has 0 fully saturated rings. The van der Waals surface area contributed by atoms with Crippen molar-refractivity contribution in [1.82, 2.24) is 0 Å². The Balaban J connectivity index is 0.000000163. The molecule has 0 heterocycles. The van der Waals surface area contributed by atoms with Crippen LogP contribution in [0.1, 0.15) is 24.5 Å². The van der Waals surface area contributed by atoms with Crippen molar-refractivity contribution in [3.63, 3.8) is 0 Å². The molecule has 0 saturated heterocycles. The fourth-order valence-electron chi connectivity index (χ4n) is 1.36. The lowest BCUT2D eigenvalue weighted by Crippen LogP contribution is -2.06. The van der Waals surface area contributed by atoms with Crippen LogP contribution >= 0.6 is 0 Å². The SMILES string of the molecule is CC(=O)CC(=O)CN=O.c1cc2cc(c1)C2. The first-order valence-electron chi connectivity index (χ1n) is 5.00. The molecule has 4 nitrogen and oxygen atoms in total. The monoisotopic (exact) mass is 219 g/mol. The van der Waals surface area contributed by atoms with Gasteiger partial charge in [-0.25, -0.2) is 0 Å². The number of ketones is 2. The Morgan fingerprint density at radius 3 is 2.12 bits per heavy atom. The predicted molar refractivity (Wildman–Crippen MR) is 60.2 cm³/mol. The summed E-state index contributed by atoms with van der Waals surface area (Å²) in [4.78, 5) is 29.9. The molecule has 1 aromatic rings. The van der Waals surface area contributed by atoms with Gasteiger partial charge in [-0.15, -0.1) is 0 Å². The zero-order valence-corrected chi connectivity index (χ0v) is 9.10. The molecular weight excluding hydrogens is 206 g/mol. The summed E-state index contributed by atoms with van der Waals surface area (Å²) in [6.07, 6.45) is 1.04. The molecule has 2 aliphatic carbocycles. The van der Waals surface area contributed by atoms with Gasteiger partial charge in [-0.05, 0) is 24.5 Å². The van der Waals surface area contributed by atoms with Crippen molar-refractivity contribution < 1.29 is 9.59 Å². The second-order valence-corrected chi connectivity index (χ2v) is 3.70. The molecule has 0 unspecified atom stereocenters. The average Bonchev–Trinajstić information content (AvgIpc) is 2.18. The van der Waals surface area contributed by atoms with Crippen LogP contribution in [0.15, 0.2) is 29.4 Å². The number of carbonyl (C=O) groups is 2. The third-order valence-corrected chi connectivity index (χ3v) is 2.09. The normalized spacial score (nSPS) is 10.6. The highest BCUT2D eigenvalue weighted by molar-refractivity contribution is 5.98. The van der Waals surface area contributed by atoms with Gasteiger partial charge in [-0.2, -0.15) is 4.91 Å². The molecule has 0 aromatic heterocycles. The van der Waals surface area contributed by atoms with Crippen molar-refractivity contribution in [2.45, 2.75) is 19.8 Å². The van der Waals surface area contributed by atoms with E-state index in [-0.39, 0.29) is 18.7 Å². The van der Waals surface area contributed by atoms with E-state index >= 15 is 0 Å². The minimum atomic E-state index is -0.419. The topological polar surface area (TPSA) is 63.6 Å². The van der Waals surface area contributed by atoms with Gasteiger partial charge in [-0.3, -0.25) is 9.59 Å². The lowest BCUT2D eigenvalue weighted by molar-refractivity contribution is -0.125. The quantitative estimate of drug-likeness (QED) is 0.582. The first-order chi connectivity index (χ1) is 7.61. The van der Waals surface area contributed by atoms with Crippen LogP contribution in [0.2, 0.25) is 0 Å². The third kappa shape index (κ3) is 4.13. The second kappa shape index (κ2) is 5.90. The molecule has 84 valence electrons. The maximum absolute atomic E-state index is 10.3. The van der Waals surface area contributed by atoms with E-state index in [1.54, 1.807) is 0 Å². The number of nitrogens with zero attached hydrogens (tertiary/aromatic N) is 1. The summed E-state index contributed by atoms with van der Waals surface area (Å²) >= 11 is 0.